The standard InChI is InChI=1S/C13H27NO2/c1-3-16-10-9-14-8-6-4-5-7-13(14)11-12(2)15/h12-13,15H,3-11H2,1-2H3. The van der Waals surface area contributed by atoms with Crippen molar-refractivity contribution < 1.29 is 9.84 Å². The third-order valence-corrected chi connectivity index (χ3v) is 3.34. The molecule has 0 aromatic heterocycles. The molecule has 0 spiro atoms. The van der Waals surface area contributed by atoms with Crippen molar-refractivity contribution in [1.82, 2.24) is 4.90 Å². The third kappa shape index (κ3) is 5.28. The third-order valence-electron chi connectivity index (χ3n) is 3.34. The van der Waals surface area contributed by atoms with E-state index in [9.17, 15) is 5.11 Å². The highest BCUT2D eigenvalue weighted by atomic mass is 16.5. The van der Waals surface area contributed by atoms with Gasteiger partial charge in [-0.2, -0.15) is 0 Å². The smallest absolute Gasteiger partial charge is 0.0593 e. The first-order chi connectivity index (χ1) is 7.74. The Bertz CT molecular complexity index is 173. The minimum absolute atomic E-state index is 0.183. The van der Waals surface area contributed by atoms with E-state index in [0.717, 1.165) is 26.2 Å². The van der Waals surface area contributed by atoms with Gasteiger partial charge in [-0.3, -0.25) is 4.90 Å². The fourth-order valence-electron chi connectivity index (χ4n) is 2.52. The zero-order valence-electron chi connectivity index (χ0n) is 10.8. The van der Waals surface area contributed by atoms with Crippen LogP contribution in [0.4, 0.5) is 0 Å². The highest BCUT2D eigenvalue weighted by Gasteiger charge is 2.21. The molecule has 1 aliphatic rings. The molecule has 0 bridgehead atoms. The van der Waals surface area contributed by atoms with Crippen molar-refractivity contribution >= 4 is 0 Å². The number of likely N-dealkylation sites (tertiary alicyclic amines) is 1. The van der Waals surface area contributed by atoms with Crippen LogP contribution in [0.25, 0.3) is 0 Å². The number of hydrogen-bond donors (Lipinski definition) is 1. The Morgan fingerprint density at radius 3 is 2.88 bits per heavy atom. The van der Waals surface area contributed by atoms with E-state index in [1.54, 1.807) is 0 Å². The van der Waals surface area contributed by atoms with Gasteiger partial charge >= 0.3 is 0 Å². The number of hydrogen-bond acceptors (Lipinski definition) is 3. The molecule has 1 heterocycles. The average Bonchev–Trinajstić information content (AvgIpc) is 2.44. The maximum absolute atomic E-state index is 9.53. The van der Waals surface area contributed by atoms with E-state index < -0.39 is 0 Å². The van der Waals surface area contributed by atoms with Crippen LogP contribution in [0.2, 0.25) is 0 Å². The first-order valence-corrected chi connectivity index (χ1v) is 6.74. The number of ether oxygens (including phenoxy) is 1. The Morgan fingerprint density at radius 2 is 2.19 bits per heavy atom. The van der Waals surface area contributed by atoms with Crippen molar-refractivity contribution in [3.63, 3.8) is 0 Å². The average molecular weight is 229 g/mol. The molecule has 3 heteroatoms. The first kappa shape index (κ1) is 13.9. The molecule has 0 aromatic carbocycles. The van der Waals surface area contributed by atoms with E-state index in [2.05, 4.69) is 4.90 Å². The van der Waals surface area contributed by atoms with Crippen LogP contribution in [-0.2, 0) is 4.74 Å². The highest BCUT2D eigenvalue weighted by molar-refractivity contribution is 4.77. The Balaban J connectivity index is 2.38. The summed E-state index contributed by atoms with van der Waals surface area (Å²) in [6.07, 6.45) is 5.90. The van der Waals surface area contributed by atoms with Crippen LogP contribution in [0.1, 0.15) is 46.0 Å². The van der Waals surface area contributed by atoms with Gasteiger partial charge < -0.3 is 9.84 Å². The lowest BCUT2D eigenvalue weighted by atomic mass is 10.0. The second-order valence-corrected chi connectivity index (χ2v) is 4.82. The molecule has 2 unspecified atom stereocenters. The topological polar surface area (TPSA) is 32.7 Å². The number of nitrogens with zero attached hydrogens (tertiary/aromatic N) is 1. The van der Waals surface area contributed by atoms with Crippen LogP contribution in [0.3, 0.4) is 0 Å². The molecule has 0 aromatic rings. The fraction of sp³-hybridized carbons (Fsp3) is 1.00. The quantitative estimate of drug-likeness (QED) is 0.707. The van der Waals surface area contributed by atoms with E-state index in [4.69, 9.17) is 4.74 Å². The molecule has 16 heavy (non-hydrogen) atoms. The van der Waals surface area contributed by atoms with Crippen LogP contribution in [0.5, 0.6) is 0 Å². The molecule has 3 nitrogen and oxygen atoms in total. The molecule has 1 rings (SSSR count). The fourth-order valence-corrected chi connectivity index (χ4v) is 2.52. The minimum atomic E-state index is -0.183. The van der Waals surface area contributed by atoms with Gasteiger partial charge in [-0.25, -0.2) is 0 Å². The van der Waals surface area contributed by atoms with Crippen molar-refractivity contribution in [3.05, 3.63) is 0 Å². The summed E-state index contributed by atoms with van der Waals surface area (Å²) in [7, 11) is 0. The van der Waals surface area contributed by atoms with Crippen molar-refractivity contribution in [3.8, 4) is 0 Å². The minimum Gasteiger partial charge on any atom is -0.393 e. The Morgan fingerprint density at radius 1 is 1.38 bits per heavy atom. The molecular weight excluding hydrogens is 202 g/mol. The Hall–Kier alpha value is -0.120. The summed E-state index contributed by atoms with van der Waals surface area (Å²) in [4.78, 5) is 2.51. The maximum Gasteiger partial charge on any atom is 0.0593 e. The molecule has 1 fully saturated rings. The number of rotatable bonds is 6. The molecule has 96 valence electrons. The number of aliphatic hydroxyl groups excluding tert-OH is 1. The van der Waals surface area contributed by atoms with E-state index in [0.29, 0.717) is 6.04 Å². The van der Waals surface area contributed by atoms with Gasteiger partial charge in [0.2, 0.25) is 0 Å². The summed E-state index contributed by atoms with van der Waals surface area (Å²) < 4.78 is 5.43. The van der Waals surface area contributed by atoms with Gasteiger partial charge in [0.25, 0.3) is 0 Å². The van der Waals surface area contributed by atoms with Crippen LogP contribution in [0.15, 0.2) is 0 Å². The summed E-state index contributed by atoms with van der Waals surface area (Å²) >= 11 is 0. The summed E-state index contributed by atoms with van der Waals surface area (Å²) in [5, 5.41) is 9.53. The van der Waals surface area contributed by atoms with Gasteiger partial charge in [0.05, 0.1) is 12.7 Å². The second-order valence-electron chi connectivity index (χ2n) is 4.82. The molecule has 2 atom stereocenters. The monoisotopic (exact) mass is 229 g/mol. The lowest BCUT2D eigenvalue weighted by molar-refractivity contribution is 0.0728. The predicted molar refractivity (Wildman–Crippen MR) is 66.6 cm³/mol. The molecule has 1 saturated heterocycles. The van der Waals surface area contributed by atoms with Crippen molar-refractivity contribution in [2.75, 3.05) is 26.3 Å². The van der Waals surface area contributed by atoms with Crippen molar-refractivity contribution in [2.45, 2.75) is 58.1 Å². The van der Waals surface area contributed by atoms with Gasteiger partial charge in [0, 0.05) is 19.2 Å². The molecule has 0 radical (unpaired) electrons. The van der Waals surface area contributed by atoms with Gasteiger partial charge in [-0.1, -0.05) is 12.8 Å². The van der Waals surface area contributed by atoms with Crippen molar-refractivity contribution in [1.29, 1.82) is 0 Å². The Kier molecular flexibility index (Phi) is 7.01. The van der Waals surface area contributed by atoms with E-state index in [1.165, 1.54) is 32.2 Å². The van der Waals surface area contributed by atoms with Crippen LogP contribution < -0.4 is 0 Å². The summed E-state index contributed by atoms with van der Waals surface area (Å²) in [5.41, 5.74) is 0. The lowest BCUT2D eigenvalue weighted by Crippen LogP contribution is -2.39. The van der Waals surface area contributed by atoms with Crippen molar-refractivity contribution in [2.24, 2.45) is 0 Å². The van der Waals surface area contributed by atoms with Gasteiger partial charge in [0.1, 0.15) is 0 Å². The van der Waals surface area contributed by atoms with Crippen LogP contribution in [-0.4, -0.2) is 48.5 Å². The zero-order valence-corrected chi connectivity index (χ0v) is 10.8. The molecule has 0 aliphatic carbocycles. The van der Waals surface area contributed by atoms with Gasteiger partial charge in [0.15, 0.2) is 0 Å². The lowest BCUT2D eigenvalue weighted by Gasteiger charge is -2.30. The van der Waals surface area contributed by atoms with Crippen LogP contribution >= 0.6 is 0 Å². The molecule has 0 amide bonds. The normalized spacial score (nSPS) is 25.3. The summed E-state index contributed by atoms with van der Waals surface area (Å²) in [6.45, 7) is 7.75. The zero-order chi connectivity index (χ0) is 11.8. The highest BCUT2D eigenvalue weighted by Crippen LogP contribution is 2.20. The van der Waals surface area contributed by atoms with Crippen LogP contribution in [0, 0.1) is 0 Å². The number of aliphatic hydroxyl groups is 1. The summed E-state index contributed by atoms with van der Waals surface area (Å²) in [6, 6.07) is 0.558. The van der Waals surface area contributed by atoms with E-state index >= 15 is 0 Å². The van der Waals surface area contributed by atoms with Gasteiger partial charge in [-0.15, -0.1) is 0 Å². The maximum atomic E-state index is 9.53. The molecule has 1 aliphatic heterocycles. The van der Waals surface area contributed by atoms with Gasteiger partial charge in [-0.05, 0) is 39.7 Å². The van der Waals surface area contributed by atoms with E-state index in [-0.39, 0.29) is 6.10 Å². The SMILES string of the molecule is CCOCCN1CCCCCC1CC(C)O. The second kappa shape index (κ2) is 8.04. The molecular formula is C13H27NO2. The molecule has 1 N–H and O–H groups in total. The Labute approximate surface area is 99.8 Å². The predicted octanol–water partition coefficient (Wildman–Crippen LogP) is 2.04. The largest absolute Gasteiger partial charge is 0.393 e. The summed E-state index contributed by atoms with van der Waals surface area (Å²) in [5.74, 6) is 0. The first-order valence-electron chi connectivity index (χ1n) is 6.74. The van der Waals surface area contributed by atoms with E-state index in [1.807, 2.05) is 13.8 Å². The molecule has 0 saturated carbocycles.